The van der Waals surface area contributed by atoms with Gasteiger partial charge < -0.3 is 20.7 Å². The summed E-state index contributed by atoms with van der Waals surface area (Å²) < 4.78 is 5.13. The van der Waals surface area contributed by atoms with Gasteiger partial charge in [-0.15, -0.1) is 0 Å². The van der Waals surface area contributed by atoms with Gasteiger partial charge in [-0.1, -0.05) is 0 Å². The van der Waals surface area contributed by atoms with Gasteiger partial charge in [-0.25, -0.2) is 4.79 Å². The van der Waals surface area contributed by atoms with Gasteiger partial charge in [-0.2, -0.15) is 0 Å². The standard InChI is InChI=1S/C13H23N3O4/c1-12(2,3)20-11(19)15-7-13(16-8-17,9-5-6-9)10(18)14-4/h8-9H,5-7H2,1-4H3,(H,14,18)(H,15,19)(H,16,17). The van der Waals surface area contributed by atoms with E-state index in [1.54, 1.807) is 20.8 Å². The van der Waals surface area contributed by atoms with Gasteiger partial charge in [0, 0.05) is 7.05 Å². The molecule has 0 spiro atoms. The number of hydrogen-bond acceptors (Lipinski definition) is 4. The van der Waals surface area contributed by atoms with Crippen molar-refractivity contribution in [3.05, 3.63) is 0 Å². The maximum Gasteiger partial charge on any atom is 0.407 e. The lowest BCUT2D eigenvalue weighted by molar-refractivity contribution is -0.130. The van der Waals surface area contributed by atoms with E-state index in [4.69, 9.17) is 4.74 Å². The molecule has 114 valence electrons. The van der Waals surface area contributed by atoms with E-state index in [0.717, 1.165) is 12.8 Å². The lowest BCUT2D eigenvalue weighted by Crippen LogP contribution is -2.63. The van der Waals surface area contributed by atoms with E-state index < -0.39 is 17.2 Å². The number of nitrogens with one attached hydrogen (secondary N) is 3. The number of likely N-dealkylation sites (N-methyl/N-ethyl adjacent to an activating group) is 1. The highest BCUT2D eigenvalue weighted by Crippen LogP contribution is 2.39. The molecule has 0 radical (unpaired) electrons. The highest BCUT2D eigenvalue weighted by atomic mass is 16.6. The molecule has 0 aromatic rings. The molecule has 0 heterocycles. The Kier molecular flexibility index (Phi) is 4.97. The molecule has 0 aromatic heterocycles. The van der Waals surface area contributed by atoms with Crippen LogP contribution in [0, 0.1) is 5.92 Å². The van der Waals surface area contributed by atoms with Gasteiger partial charge >= 0.3 is 6.09 Å². The predicted molar refractivity (Wildman–Crippen MR) is 73.0 cm³/mol. The average molecular weight is 285 g/mol. The van der Waals surface area contributed by atoms with E-state index in [2.05, 4.69) is 16.0 Å². The van der Waals surface area contributed by atoms with Gasteiger partial charge in [0.05, 0.1) is 6.54 Å². The average Bonchev–Trinajstić information content (AvgIpc) is 3.15. The maximum atomic E-state index is 12.1. The summed E-state index contributed by atoms with van der Waals surface area (Å²) in [5.74, 6) is -0.286. The largest absolute Gasteiger partial charge is 0.444 e. The third-order valence-corrected chi connectivity index (χ3v) is 3.13. The topological polar surface area (TPSA) is 96.5 Å². The molecule has 1 atom stereocenters. The van der Waals surface area contributed by atoms with Gasteiger partial charge in [0.25, 0.3) is 0 Å². The fourth-order valence-electron chi connectivity index (χ4n) is 2.07. The summed E-state index contributed by atoms with van der Waals surface area (Å²) in [6, 6.07) is 0. The zero-order valence-electron chi connectivity index (χ0n) is 12.4. The summed E-state index contributed by atoms with van der Waals surface area (Å²) in [5.41, 5.74) is -1.72. The van der Waals surface area contributed by atoms with Crippen LogP contribution in [-0.2, 0) is 14.3 Å². The van der Waals surface area contributed by atoms with Gasteiger partial charge in [0.1, 0.15) is 11.1 Å². The maximum absolute atomic E-state index is 12.1. The molecule has 7 heteroatoms. The van der Waals surface area contributed by atoms with Crippen molar-refractivity contribution >= 4 is 18.4 Å². The van der Waals surface area contributed by atoms with Crippen molar-refractivity contribution in [3.63, 3.8) is 0 Å². The Labute approximate surface area is 118 Å². The molecule has 20 heavy (non-hydrogen) atoms. The Bertz CT molecular complexity index is 388. The van der Waals surface area contributed by atoms with Crippen LogP contribution in [0.5, 0.6) is 0 Å². The first kappa shape index (κ1) is 16.3. The first-order chi connectivity index (χ1) is 9.25. The second-order valence-corrected chi connectivity index (χ2v) is 5.94. The van der Waals surface area contributed by atoms with Crippen molar-refractivity contribution in [3.8, 4) is 0 Å². The molecule has 0 saturated heterocycles. The summed E-state index contributed by atoms with van der Waals surface area (Å²) in [6.07, 6.45) is 1.55. The predicted octanol–water partition coefficient (Wildman–Crippen LogP) is 0.152. The van der Waals surface area contributed by atoms with Crippen molar-refractivity contribution in [1.29, 1.82) is 0 Å². The fraction of sp³-hybridized carbons (Fsp3) is 0.769. The van der Waals surface area contributed by atoms with Crippen LogP contribution in [0.1, 0.15) is 33.6 Å². The third-order valence-electron chi connectivity index (χ3n) is 3.13. The fourth-order valence-corrected chi connectivity index (χ4v) is 2.07. The first-order valence-corrected chi connectivity index (χ1v) is 6.65. The van der Waals surface area contributed by atoms with E-state index in [1.807, 2.05) is 0 Å². The third kappa shape index (κ3) is 4.11. The molecule has 1 aliphatic carbocycles. The molecule has 1 aliphatic rings. The molecule has 3 amide bonds. The van der Waals surface area contributed by atoms with Crippen LogP contribution in [0.25, 0.3) is 0 Å². The number of rotatable bonds is 6. The number of ether oxygens (including phenoxy) is 1. The van der Waals surface area contributed by atoms with Crippen molar-refractivity contribution in [1.82, 2.24) is 16.0 Å². The molecule has 7 nitrogen and oxygen atoms in total. The van der Waals surface area contributed by atoms with E-state index in [0.29, 0.717) is 6.41 Å². The lowest BCUT2D eigenvalue weighted by atomic mass is 9.92. The SMILES string of the molecule is CNC(=O)C(CNC(=O)OC(C)(C)C)(NC=O)C1CC1. The molecular weight excluding hydrogens is 262 g/mol. The quantitative estimate of drug-likeness (QED) is 0.605. The van der Waals surface area contributed by atoms with E-state index >= 15 is 0 Å². The van der Waals surface area contributed by atoms with Crippen molar-refractivity contribution < 1.29 is 19.1 Å². The molecule has 0 aliphatic heterocycles. The number of carbonyl (C=O) groups excluding carboxylic acids is 3. The zero-order valence-corrected chi connectivity index (χ0v) is 12.4. The second kappa shape index (κ2) is 6.11. The number of alkyl carbamates (subject to hydrolysis) is 1. The Hall–Kier alpha value is -1.79. The summed E-state index contributed by atoms with van der Waals surface area (Å²) in [4.78, 5) is 34.6. The lowest BCUT2D eigenvalue weighted by Gasteiger charge is -2.32. The zero-order chi connectivity index (χ0) is 15.4. The van der Waals surface area contributed by atoms with Crippen LogP contribution < -0.4 is 16.0 Å². The van der Waals surface area contributed by atoms with Crippen molar-refractivity contribution in [2.24, 2.45) is 5.92 Å². The van der Waals surface area contributed by atoms with Gasteiger partial charge in [-0.3, -0.25) is 9.59 Å². The minimum atomic E-state index is -1.10. The van der Waals surface area contributed by atoms with E-state index in [-0.39, 0.29) is 18.4 Å². The van der Waals surface area contributed by atoms with Crippen LogP contribution in [0.2, 0.25) is 0 Å². The van der Waals surface area contributed by atoms with Crippen LogP contribution in [0.4, 0.5) is 4.79 Å². The van der Waals surface area contributed by atoms with Gasteiger partial charge in [-0.05, 0) is 39.5 Å². The first-order valence-electron chi connectivity index (χ1n) is 6.65. The normalized spacial score (nSPS) is 17.6. The monoisotopic (exact) mass is 285 g/mol. The summed E-state index contributed by atoms with van der Waals surface area (Å²) in [7, 11) is 1.50. The highest BCUT2D eigenvalue weighted by molar-refractivity contribution is 5.89. The van der Waals surface area contributed by atoms with Crippen molar-refractivity contribution in [2.75, 3.05) is 13.6 Å². The molecule has 1 saturated carbocycles. The number of amides is 3. The van der Waals surface area contributed by atoms with Crippen LogP contribution in [0.15, 0.2) is 0 Å². The number of hydrogen-bond donors (Lipinski definition) is 3. The minimum Gasteiger partial charge on any atom is -0.444 e. The Morgan fingerprint density at radius 1 is 1.30 bits per heavy atom. The molecule has 1 fully saturated rings. The molecular formula is C13H23N3O4. The Morgan fingerprint density at radius 3 is 2.30 bits per heavy atom. The highest BCUT2D eigenvalue weighted by Gasteiger charge is 2.50. The number of carbonyl (C=O) groups is 3. The van der Waals surface area contributed by atoms with Gasteiger partial charge in [0.2, 0.25) is 12.3 Å². The molecule has 1 rings (SSSR count). The summed E-state index contributed by atoms with van der Waals surface area (Å²) >= 11 is 0. The minimum absolute atomic E-state index is 0.00495. The van der Waals surface area contributed by atoms with Crippen LogP contribution in [0.3, 0.4) is 0 Å². The van der Waals surface area contributed by atoms with Gasteiger partial charge in [0.15, 0.2) is 0 Å². The Morgan fingerprint density at radius 2 is 1.90 bits per heavy atom. The van der Waals surface area contributed by atoms with Crippen LogP contribution >= 0.6 is 0 Å². The summed E-state index contributed by atoms with van der Waals surface area (Å²) in [6.45, 7) is 5.26. The second-order valence-electron chi connectivity index (χ2n) is 5.94. The summed E-state index contributed by atoms with van der Waals surface area (Å²) in [5, 5.41) is 7.65. The molecule has 0 bridgehead atoms. The molecule has 0 aromatic carbocycles. The molecule has 1 unspecified atom stereocenters. The smallest absolute Gasteiger partial charge is 0.407 e. The van der Waals surface area contributed by atoms with Crippen molar-refractivity contribution in [2.45, 2.75) is 44.8 Å². The van der Waals surface area contributed by atoms with Crippen LogP contribution in [-0.4, -0.2) is 43.1 Å². The van der Waals surface area contributed by atoms with E-state index in [1.165, 1.54) is 7.05 Å². The Balaban J connectivity index is 2.72. The van der Waals surface area contributed by atoms with E-state index in [9.17, 15) is 14.4 Å². The molecule has 3 N–H and O–H groups in total.